The molecule has 5 heteroatoms. The number of benzene rings is 1. The first-order valence-corrected chi connectivity index (χ1v) is 7.77. The summed E-state index contributed by atoms with van der Waals surface area (Å²) < 4.78 is 0.564. The van der Waals surface area contributed by atoms with Crippen molar-refractivity contribution in [3.05, 3.63) is 22.7 Å². The van der Waals surface area contributed by atoms with Crippen molar-refractivity contribution in [1.29, 1.82) is 0 Å². The van der Waals surface area contributed by atoms with Gasteiger partial charge in [-0.2, -0.15) is 0 Å². The summed E-state index contributed by atoms with van der Waals surface area (Å²) in [6, 6.07) is 5.19. The lowest BCUT2D eigenvalue weighted by atomic mass is 9.70. The summed E-state index contributed by atoms with van der Waals surface area (Å²) in [5, 5.41) is 12.8. The molecule has 4 nitrogen and oxygen atoms in total. The standard InChI is InChI=1S/C15H21BrN2O2/c1-10-5-7-15(9-17,8-6-10)14(20)18-12-4-2-3-11(16)13(12)19/h2-4,10,19H,5-9,17H2,1H3,(H,18,20). The number of anilines is 1. The van der Waals surface area contributed by atoms with Gasteiger partial charge in [-0.05, 0) is 59.7 Å². The number of amides is 1. The van der Waals surface area contributed by atoms with Crippen LogP contribution in [0.3, 0.4) is 0 Å². The highest BCUT2D eigenvalue weighted by Gasteiger charge is 2.40. The van der Waals surface area contributed by atoms with Crippen LogP contribution in [-0.4, -0.2) is 17.6 Å². The predicted molar refractivity (Wildman–Crippen MR) is 83.6 cm³/mol. The van der Waals surface area contributed by atoms with Crippen LogP contribution in [0.1, 0.15) is 32.6 Å². The van der Waals surface area contributed by atoms with E-state index in [1.54, 1.807) is 18.2 Å². The maximum Gasteiger partial charge on any atom is 0.231 e. The molecular formula is C15H21BrN2O2. The van der Waals surface area contributed by atoms with Crippen molar-refractivity contribution in [3.8, 4) is 5.75 Å². The van der Waals surface area contributed by atoms with E-state index in [4.69, 9.17) is 5.73 Å². The van der Waals surface area contributed by atoms with Crippen LogP contribution in [0.2, 0.25) is 0 Å². The largest absolute Gasteiger partial charge is 0.505 e. The Morgan fingerprint density at radius 2 is 2.15 bits per heavy atom. The minimum atomic E-state index is -0.499. The van der Waals surface area contributed by atoms with Gasteiger partial charge in [0.05, 0.1) is 15.6 Å². The molecule has 0 heterocycles. The second-order valence-electron chi connectivity index (χ2n) is 5.76. The molecule has 110 valence electrons. The number of hydrogen-bond donors (Lipinski definition) is 3. The van der Waals surface area contributed by atoms with E-state index in [9.17, 15) is 9.90 Å². The molecule has 1 aromatic rings. The van der Waals surface area contributed by atoms with Gasteiger partial charge in [-0.25, -0.2) is 0 Å². The molecule has 0 saturated heterocycles. The fourth-order valence-corrected chi connectivity index (χ4v) is 3.08. The van der Waals surface area contributed by atoms with Crippen molar-refractivity contribution in [2.75, 3.05) is 11.9 Å². The lowest BCUT2D eigenvalue weighted by Crippen LogP contribution is -2.44. The average molecular weight is 341 g/mol. The summed E-state index contributed by atoms with van der Waals surface area (Å²) in [7, 11) is 0. The van der Waals surface area contributed by atoms with Crippen molar-refractivity contribution in [3.63, 3.8) is 0 Å². The Morgan fingerprint density at radius 1 is 1.50 bits per heavy atom. The number of phenols is 1. The smallest absolute Gasteiger partial charge is 0.231 e. The quantitative estimate of drug-likeness (QED) is 0.739. The molecule has 0 radical (unpaired) electrons. The molecule has 1 aliphatic rings. The van der Waals surface area contributed by atoms with Crippen LogP contribution in [0.5, 0.6) is 5.75 Å². The average Bonchev–Trinajstić information content (AvgIpc) is 2.45. The van der Waals surface area contributed by atoms with E-state index in [1.807, 2.05) is 0 Å². The Morgan fingerprint density at radius 3 is 2.75 bits per heavy atom. The first-order chi connectivity index (χ1) is 9.48. The molecule has 0 aromatic heterocycles. The first kappa shape index (κ1) is 15.3. The van der Waals surface area contributed by atoms with Gasteiger partial charge in [0.2, 0.25) is 5.91 Å². The van der Waals surface area contributed by atoms with Gasteiger partial charge in [0.1, 0.15) is 0 Å². The molecule has 0 unspecified atom stereocenters. The number of carbonyl (C=O) groups is 1. The lowest BCUT2D eigenvalue weighted by Gasteiger charge is -2.37. The highest BCUT2D eigenvalue weighted by molar-refractivity contribution is 9.10. The molecule has 0 aliphatic heterocycles. The van der Waals surface area contributed by atoms with Gasteiger partial charge in [-0.1, -0.05) is 13.0 Å². The fraction of sp³-hybridized carbons (Fsp3) is 0.533. The normalized spacial score (nSPS) is 26.2. The number of halogens is 1. The van der Waals surface area contributed by atoms with E-state index in [0.29, 0.717) is 22.6 Å². The maximum atomic E-state index is 12.6. The van der Waals surface area contributed by atoms with Crippen LogP contribution >= 0.6 is 15.9 Å². The SMILES string of the molecule is CC1CCC(CN)(C(=O)Nc2cccc(Br)c2O)CC1. The summed E-state index contributed by atoms with van der Waals surface area (Å²) >= 11 is 3.24. The van der Waals surface area contributed by atoms with Crippen molar-refractivity contribution in [2.24, 2.45) is 17.1 Å². The number of aromatic hydroxyl groups is 1. The molecule has 0 atom stereocenters. The second kappa shape index (κ2) is 6.14. The monoisotopic (exact) mass is 340 g/mol. The second-order valence-corrected chi connectivity index (χ2v) is 6.61. The Hall–Kier alpha value is -1.07. The minimum Gasteiger partial charge on any atom is -0.505 e. The first-order valence-electron chi connectivity index (χ1n) is 6.97. The molecule has 4 N–H and O–H groups in total. The zero-order chi connectivity index (χ0) is 14.8. The maximum absolute atomic E-state index is 12.6. The summed E-state index contributed by atoms with van der Waals surface area (Å²) in [5.41, 5.74) is 5.80. The predicted octanol–water partition coefficient (Wildman–Crippen LogP) is 3.25. The molecule has 1 fully saturated rings. The van der Waals surface area contributed by atoms with Gasteiger partial charge >= 0.3 is 0 Å². The van der Waals surface area contributed by atoms with E-state index < -0.39 is 5.41 Å². The Kier molecular flexibility index (Phi) is 4.70. The zero-order valence-electron chi connectivity index (χ0n) is 11.7. The third-order valence-corrected chi connectivity index (χ3v) is 4.98. The molecule has 0 spiro atoms. The molecule has 20 heavy (non-hydrogen) atoms. The molecule has 0 bridgehead atoms. The molecule has 2 rings (SSSR count). The van der Waals surface area contributed by atoms with Gasteiger partial charge in [-0.15, -0.1) is 0 Å². The highest BCUT2D eigenvalue weighted by Crippen LogP contribution is 2.40. The lowest BCUT2D eigenvalue weighted by molar-refractivity contribution is -0.127. The number of para-hydroxylation sites is 1. The molecule has 1 aliphatic carbocycles. The number of phenolic OH excluding ortho intramolecular Hbond substituents is 1. The Bertz CT molecular complexity index is 497. The van der Waals surface area contributed by atoms with Crippen molar-refractivity contribution in [2.45, 2.75) is 32.6 Å². The fourth-order valence-electron chi connectivity index (χ4n) is 2.71. The summed E-state index contributed by atoms with van der Waals surface area (Å²) in [5.74, 6) is 0.624. The summed E-state index contributed by atoms with van der Waals surface area (Å²) in [6.45, 7) is 2.55. The topological polar surface area (TPSA) is 75.4 Å². The van der Waals surface area contributed by atoms with E-state index in [-0.39, 0.29) is 11.7 Å². The number of rotatable bonds is 3. The van der Waals surface area contributed by atoms with E-state index in [1.165, 1.54) is 0 Å². The van der Waals surface area contributed by atoms with Gasteiger partial charge in [-0.3, -0.25) is 4.79 Å². The molecule has 1 aromatic carbocycles. The number of nitrogens with two attached hydrogens (primary N) is 1. The van der Waals surface area contributed by atoms with Crippen LogP contribution in [0.25, 0.3) is 0 Å². The van der Waals surface area contributed by atoms with E-state index >= 15 is 0 Å². The summed E-state index contributed by atoms with van der Waals surface area (Å²) in [6.07, 6.45) is 3.67. The zero-order valence-corrected chi connectivity index (χ0v) is 13.2. The molecule has 1 saturated carbocycles. The van der Waals surface area contributed by atoms with E-state index in [0.717, 1.165) is 25.7 Å². The van der Waals surface area contributed by atoms with Gasteiger partial charge in [0.15, 0.2) is 5.75 Å². The van der Waals surface area contributed by atoms with Crippen LogP contribution < -0.4 is 11.1 Å². The van der Waals surface area contributed by atoms with Crippen LogP contribution in [0, 0.1) is 11.3 Å². The molecular weight excluding hydrogens is 320 g/mol. The Labute approximate surface area is 127 Å². The van der Waals surface area contributed by atoms with Gasteiger partial charge in [0.25, 0.3) is 0 Å². The van der Waals surface area contributed by atoms with Crippen molar-refractivity contribution < 1.29 is 9.90 Å². The van der Waals surface area contributed by atoms with Crippen LogP contribution in [0.15, 0.2) is 22.7 Å². The highest BCUT2D eigenvalue weighted by atomic mass is 79.9. The number of carbonyl (C=O) groups excluding carboxylic acids is 1. The van der Waals surface area contributed by atoms with Crippen LogP contribution in [0.4, 0.5) is 5.69 Å². The van der Waals surface area contributed by atoms with Crippen LogP contribution in [-0.2, 0) is 4.79 Å². The minimum absolute atomic E-state index is 0.0530. The van der Waals surface area contributed by atoms with E-state index in [2.05, 4.69) is 28.2 Å². The van der Waals surface area contributed by atoms with Crippen molar-refractivity contribution in [1.82, 2.24) is 0 Å². The van der Waals surface area contributed by atoms with Gasteiger partial charge < -0.3 is 16.2 Å². The summed E-state index contributed by atoms with van der Waals surface area (Å²) in [4.78, 5) is 12.6. The van der Waals surface area contributed by atoms with Crippen molar-refractivity contribution >= 4 is 27.5 Å². The third kappa shape index (κ3) is 2.99. The van der Waals surface area contributed by atoms with Gasteiger partial charge in [0, 0.05) is 6.54 Å². The molecule has 1 amide bonds. The third-order valence-electron chi connectivity index (χ3n) is 4.34. The number of hydrogen-bond acceptors (Lipinski definition) is 3. The Balaban J connectivity index is 2.16. The number of nitrogens with one attached hydrogen (secondary N) is 1.